The monoisotopic (exact) mass is 352 g/mol. The molecule has 0 atom stereocenters. The average molecular weight is 353 g/mol. The molecule has 2 aromatic carbocycles. The minimum absolute atomic E-state index is 0.170. The van der Waals surface area contributed by atoms with E-state index < -0.39 is 11.8 Å². The van der Waals surface area contributed by atoms with Crippen LogP contribution in [0.2, 0.25) is 10.0 Å². The second kappa shape index (κ2) is 6.18. The molecule has 0 radical (unpaired) electrons. The van der Waals surface area contributed by atoms with Gasteiger partial charge in [-0.3, -0.25) is 4.68 Å². The normalized spacial score (nSPS) is 11.0. The third-order valence-corrected chi connectivity index (χ3v) is 4.01. The van der Waals surface area contributed by atoms with Gasteiger partial charge in [-0.25, -0.2) is 9.18 Å². The number of benzene rings is 2. The Morgan fingerprint density at radius 1 is 1.26 bits per heavy atom. The van der Waals surface area contributed by atoms with Gasteiger partial charge in [-0.15, -0.1) is 0 Å². The number of aromatic nitrogens is 2. The number of hydrogen-bond donors (Lipinski definition) is 0. The topological polar surface area (TPSA) is 44.1 Å². The van der Waals surface area contributed by atoms with Crippen LogP contribution in [-0.4, -0.2) is 22.9 Å². The van der Waals surface area contributed by atoms with Crippen LogP contribution in [0.25, 0.3) is 10.9 Å². The zero-order chi connectivity index (χ0) is 16.6. The Kier molecular flexibility index (Phi) is 4.24. The molecule has 1 aromatic heterocycles. The lowest BCUT2D eigenvalue weighted by Gasteiger charge is -2.06. The van der Waals surface area contributed by atoms with Gasteiger partial charge in [-0.1, -0.05) is 29.3 Å². The van der Waals surface area contributed by atoms with Crippen molar-refractivity contribution >= 4 is 40.1 Å². The van der Waals surface area contributed by atoms with Gasteiger partial charge in [0, 0.05) is 15.4 Å². The maximum Gasteiger partial charge on any atom is 0.359 e. The molecule has 3 aromatic rings. The molecule has 0 saturated carbocycles. The predicted molar refractivity (Wildman–Crippen MR) is 86.6 cm³/mol. The molecule has 1 heterocycles. The standard InChI is InChI=1S/C16H11Cl2FN2O2/c1-23-16(22)15-12-6-10(17)3-5-14(12)21(20-15)8-9-2-4-11(19)7-13(9)18/h2-7H,8H2,1H3. The van der Waals surface area contributed by atoms with Gasteiger partial charge in [0.05, 0.1) is 19.2 Å². The molecule has 0 aliphatic rings. The van der Waals surface area contributed by atoms with E-state index in [1.807, 2.05) is 0 Å². The highest BCUT2D eigenvalue weighted by atomic mass is 35.5. The van der Waals surface area contributed by atoms with Gasteiger partial charge in [0.1, 0.15) is 5.82 Å². The number of carbonyl (C=O) groups excluding carboxylic acids is 1. The van der Waals surface area contributed by atoms with Gasteiger partial charge in [0.2, 0.25) is 0 Å². The zero-order valence-corrected chi connectivity index (χ0v) is 13.5. The molecule has 0 aliphatic carbocycles. The molecule has 0 N–H and O–H groups in total. The Labute approximate surface area is 141 Å². The molecule has 118 valence electrons. The Morgan fingerprint density at radius 3 is 2.74 bits per heavy atom. The van der Waals surface area contributed by atoms with E-state index in [-0.39, 0.29) is 12.2 Å². The molecular formula is C16H11Cl2FN2O2. The number of hydrogen-bond acceptors (Lipinski definition) is 3. The van der Waals surface area contributed by atoms with E-state index in [0.29, 0.717) is 26.5 Å². The first-order valence-corrected chi connectivity index (χ1v) is 7.43. The third kappa shape index (κ3) is 3.02. The first-order chi connectivity index (χ1) is 11.0. The lowest BCUT2D eigenvalue weighted by atomic mass is 10.2. The van der Waals surface area contributed by atoms with Crippen LogP contribution in [0.4, 0.5) is 4.39 Å². The maximum atomic E-state index is 13.2. The van der Waals surface area contributed by atoms with Crippen LogP contribution in [0.1, 0.15) is 16.1 Å². The van der Waals surface area contributed by atoms with E-state index in [1.165, 1.54) is 19.2 Å². The van der Waals surface area contributed by atoms with Crippen molar-refractivity contribution in [2.45, 2.75) is 6.54 Å². The van der Waals surface area contributed by atoms with Crippen molar-refractivity contribution in [3.8, 4) is 0 Å². The molecule has 0 unspecified atom stereocenters. The first kappa shape index (κ1) is 15.8. The summed E-state index contributed by atoms with van der Waals surface area (Å²) in [5.41, 5.74) is 1.56. The lowest BCUT2D eigenvalue weighted by Crippen LogP contribution is -2.06. The number of fused-ring (bicyclic) bond motifs is 1. The summed E-state index contributed by atoms with van der Waals surface area (Å²) < 4.78 is 19.5. The summed E-state index contributed by atoms with van der Waals surface area (Å²) in [6.45, 7) is 0.286. The van der Waals surface area contributed by atoms with Gasteiger partial charge in [-0.05, 0) is 35.9 Å². The molecule has 7 heteroatoms. The Balaban J connectivity index is 2.12. The number of esters is 1. The van der Waals surface area contributed by atoms with Gasteiger partial charge in [0.15, 0.2) is 5.69 Å². The molecule has 0 fully saturated rings. The van der Waals surface area contributed by atoms with Crippen LogP contribution in [0.15, 0.2) is 36.4 Å². The van der Waals surface area contributed by atoms with Crippen molar-refractivity contribution in [3.63, 3.8) is 0 Å². The van der Waals surface area contributed by atoms with Gasteiger partial charge < -0.3 is 4.74 Å². The Morgan fingerprint density at radius 2 is 2.04 bits per heavy atom. The minimum atomic E-state index is -0.554. The second-order valence-electron chi connectivity index (χ2n) is 4.90. The average Bonchev–Trinajstić information content (AvgIpc) is 2.87. The van der Waals surface area contributed by atoms with E-state index in [1.54, 1.807) is 28.9 Å². The summed E-state index contributed by atoms with van der Waals surface area (Å²) in [5, 5.41) is 5.66. The molecule has 0 spiro atoms. The highest BCUT2D eigenvalue weighted by Gasteiger charge is 2.18. The van der Waals surface area contributed by atoms with E-state index >= 15 is 0 Å². The summed E-state index contributed by atoms with van der Waals surface area (Å²) in [7, 11) is 1.29. The van der Waals surface area contributed by atoms with Crippen molar-refractivity contribution < 1.29 is 13.9 Å². The van der Waals surface area contributed by atoms with Crippen LogP contribution >= 0.6 is 23.2 Å². The van der Waals surface area contributed by atoms with Crippen LogP contribution in [0.3, 0.4) is 0 Å². The lowest BCUT2D eigenvalue weighted by molar-refractivity contribution is 0.0595. The van der Waals surface area contributed by atoms with Crippen LogP contribution in [0.5, 0.6) is 0 Å². The smallest absolute Gasteiger partial charge is 0.359 e. The highest BCUT2D eigenvalue weighted by molar-refractivity contribution is 6.31. The number of halogens is 3. The number of carbonyl (C=O) groups is 1. The van der Waals surface area contributed by atoms with E-state index in [9.17, 15) is 9.18 Å². The van der Waals surface area contributed by atoms with Gasteiger partial charge >= 0.3 is 5.97 Å². The van der Waals surface area contributed by atoms with Crippen molar-refractivity contribution in [2.24, 2.45) is 0 Å². The SMILES string of the molecule is COC(=O)c1nn(Cc2ccc(F)cc2Cl)c2ccc(Cl)cc12. The van der Waals surface area contributed by atoms with Gasteiger partial charge in [-0.2, -0.15) is 5.10 Å². The molecular weight excluding hydrogens is 342 g/mol. The number of rotatable bonds is 3. The Bertz CT molecular complexity index is 908. The van der Waals surface area contributed by atoms with E-state index in [0.717, 1.165) is 0 Å². The van der Waals surface area contributed by atoms with Crippen LogP contribution in [0, 0.1) is 5.82 Å². The predicted octanol–water partition coefficient (Wildman–Crippen LogP) is 4.32. The van der Waals surface area contributed by atoms with Crippen molar-refractivity contribution in [2.75, 3.05) is 7.11 Å². The molecule has 0 aliphatic heterocycles. The number of nitrogens with zero attached hydrogens (tertiary/aromatic N) is 2. The number of ether oxygens (including phenoxy) is 1. The largest absolute Gasteiger partial charge is 0.464 e. The van der Waals surface area contributed by atoms with Crippen molar-refractivity contribution in [3.05, 3.63) is 63.5 Å². The Hall–Kier alpha value is -2.11. The van der Waals surface area contributed by atoms with Crippen LogP contribution < -0.4 is 0 Å². The van der Waals surface area contributed by atoms with E-state index in [4.69, 9.17) is 27.9 Å². The minimum Gasteiger partial charge on any atom is -0.464 e. The molecule has 0 saturated heterocycles. The second-order valence-corrected chi connectivity index (χ2v) is 5.74. The fourth-order valence-electron chi connectivity index (χ4n) is 2.33. The zero-order valence-electron chi connectivity index (χ0n) is 12.0. The highest BCUT2D eigenvalue weighted by Crippen LogP contribution is 2.25. The fourth-order valence-corrected chi connectivity index (χ4v) is 2.73. The third-order valence-electron chi connectivity index (χ3n) is 3.43. The van der Waals surface area contributed by atoms with Crippen molar-refractivity contribution in [1.29, 1.82) is 0 Å². The van der Waals surface area contributed by atoms with Crippen molar-refractivity contribution in [1.82, 2.24) is 9.78 Å². The fraction of sp³-hybridized carbons (Fsp3) is 0.125. The van der Waals surface area contributed by atoms with Gasteiger partial charge in [0.25, 0.3) is 0 Å². The summed E-state index contributed by atoms with van der Waals surface area (Å²) >= 11 is 12.1. The first-order valence-electron chi connectivity index (χ1n) is 6.68. The van der Waals surface area contributed by atoms with E-state index in [2.05, 4.69) is 5.10 Å². The summed E-state index contributed by atoms with van der Waals surface area (Å²) in [6, 6.07) is 9.26. The summed E-state index contributed by atoms with van der Waals surface area (Å²) in [6.07, 6.45) is 0. The molecule has 0 amide bonds. The quantitative estimate of drug-likeness (QED) is 0.659. The maximum absolute atomic E-state index is 13.2. The number of methoxy groups -OCH3 is 1. The molecule has 23 heavy (non-hydrogen) atoms. The molecule has 4 nitrogen and oxygen atoms in total. The van der Waals surface area contributed by atoms with Crippen LogP contribution in [-0.2, 0) is 11.3 Å². The summed E-state index contributed by atoms with van der Waals surface area (Å²) in [5.74, 6) is -0.965. The molecule has 0 bridgehead atoms. The summed E-state index contributed by atoms with van der Waals surface area (Å²) in [4.78, 5) is 11.9. The molecule has 3 rings (SSSR count).